The van der Waals surface area contributed by atoms with Crippen LogP contribution in [0, 0.1) is 0 Å². The van der Waals surface area contributed by atoms with Crippen molar-refractivity contribution in [1.29, 1.82) is 0 Å². The summed E-state index contributed by atoms with van der Waals surface area (Å²) in [5.41, 5.74) is 2.84. The van der Waals surface area contributed by atoms with Crippen molar-refractivity contribution in [3.63, 3.8) is 0 Å². The molecule has 166 valence electrons. The Bertz CT molecular complexity index is 1150. The zero-order valence-electron chi connectivity index (χ0n) is 18.8. The van der Waals surface area contributed by atoms with E-state index in [-0.39, 0.29) is 5.78 Å². The van der Waals surface area contributed by atoms with E-state index in [1.54, 1.807) is 6.92 Å². The summed E-state index contributed by atoms with van der Waals surface area (Å²) < 4.78 is 0. The topological polar surface area (TPSA) is 17.1 Å². The molecule has 33 heavy (non-hydrogen) atoms. The quantitative estimate of drug-likeness (QED) is 0.188. The number of hydrogen-bond donors (Lipinski definition) is 0. The van der Waals surface area contributed by atoms with Crippen molar-refractivity contribution in [1.82, 2.24) is 0 Å². The Morgan fingerprint density at radius 2 is 1.03 bits per heavy atom. The molecule has 0 spiro atoms. The molecule has 3 heteroatoms. The van der Waals surface area contributed by atoms with E-state index in [1.165, 1.54) is 21.5 Å². The summed E-state index contributed by atoms with van der Waals surface area (Å²) >= 11 is 4.50. The van der Waals surface area contributed by atoms with Gasteiger partial charge >= 0.3 is 205 Å². The molecule has 0 fully saturated rings. The first-order valence-electron chi connectivity index (χ1n) is 11.1. The van der Waals surface area contributed by atoms with Gasteiger partial charge in [-0.3, -0.25) is 0 Å². The molecular formula is C30H28BrOP. The Kier molecular flexibility index (Phi) is 6.79. The number of carbonyl (C=O) groups excluding carboxylic acids is 1. The number of allylic oxidation sites excluding steroid dienone is 1. The van der Waals surface area contributed by atoms with Gasteiger partial charge in [0, 0.05) is 0 Å². The number of rotatable bonds is 8. The zero-order chi connectivity index (χ0) is 23.3. The van der Waals surface area contributed by atoms with Crippen molar-refractivity contribution in [2.75, 3.05) is 0 Å². The van der Waals surface area contributed by atoms with Crippen molar-refractivity contribution in [3.05, 3.63) is 139 Å². The van der Waals surface area contributed by atoms with Gasteiger partial charge in [0.25, 0.3) is 0 Å². The SMILES string of the molecule is C=C(C)C(=O)Cc1ccc(CP(Br)(c2ccccc2)(c2ccccc2)c2ccccc2)cc1. The van der Waals surface area contributed by atoms with Gasteiger partial charge in [-0.05, 0) is 0 Å². The van der Waals surface area contributed by atoms with Crippen molar-refractivity contribution in [3.8, 4) is 0 Å². The third kappa shape index (κ3) is 4.51. The Hall–Kier alpha value is -2.80. The minimum absolute atomic E-state index is 0.0840. The Morgan fingerprint density at radius 1 is 0.667 bits per heavy atom. The summed E-state index contributed by atoms with van der Waals surface area (Å²) in [7, 11) is 0. The first kappa shape index (κ1) is 23.4. The van der Waals surface area contributed by atoms with Gasteiger partial charge < -0.3 is 0 Å². The molecular weight excluding hydrogens is 487 g/mol. The van der Waals surface area contributed by atoms with Crippen LogP contribution in [0.1, 0.15) is 18.1 Å². The van der Waals surface area contributed by atoms with Gasteiger partial charge in [-0.2, -0.15) is 0 Å². The van der Waals surface area contributed by atoms with Crippen molar-refractivity contribution in [2.45, 2.75) is 19.5 Å². The van der Waals surface area contributed by atoms with Crippen LogP contribution in [0.2, 0.25) is 0 Å². The van der Waals surface area contributed by atoms with E-state index in [2.05, 4.69) is 137 Å². The number of carbonyl (C=O) groups is 1. The molecule has 0 aliphatic rings. The van der Waals surface area contributed by atoms with E-state index in [1.807, 2.05) is 0 Å². The Labute approximate surface area is 204 Å². The van der Waals surface area contributed by atoms with Crippen LogP contribution in [0.5, 0.6) is 0 Å². The molecule has 1 nitrogen and oxygen atoms in total. The molecule has 0 N–H and O–H groups in total. The second-order valence-corrected chi connectivity index (χ2v) is 17.5. The summed E-state index contributed by atoms with van der Waals surface area (Å²) in [5.74, 6) is 0.0840. The van der Waals surface area contributed by atoms with Crippen LogP contribution in [0.25, 0.3) is 0 Å². The summed E-state index contributed by atoms with van der Waals surface area (Å²) in [4.78, 5) is 12.1. The molecule has 0 aromatic heterocycles. The molecule has 4 aromatic rings. The van der Waals surface area contributed by atoms with Crippen molar-refractivity contribution >= 4 is 42.5 Å². The third-order valence-electron chi connectivity index (χ3n) is 6.23. The van der Waals surface area contributed by atoms with E-state index < -0.39 is 5.31 Å². The molecule has 4 rings (SSSR count). The van der Waals surface area contributed by atoms with Gasteiger partial charge in [-0.25, -0.2) is 0 Å². The van der Waals surface area contributed by atoms with E-state index in [9.17, 15) is 4.79 Å². The summed E-state index contributed by atoms with van der Waals surface area (Å²) in [6.45, 7) is 5.54. The van der Waals surface area contributed by atoms with Crippen LogP contribution in [0.3, 0.4) is 0 Å². The zero-order valence-corrected chi connectivity index (χ0v) is 21.3. The van der Waals surface area contributed by atoms with Gasteiger partial charge in [-0.15, -0.1) is 0 Å². The second-order valence-electron chi connectivity index (χ2n) is 8.54. The monoisotopic (exact) mass is 514 g/mol. The van der Waals surface area contributed by atoms with Gasteiger partial charge in [0.05, 0.1) is 0 Å². The van der Waals surface area contributed by atoms with E-state index in [4.69, 9.17) is 0 Å². The maximum absolute atomic E-state index is 12.1. The number of hydrogen-bond acceptors (Lipinski definition) is 1. The molecule has 0 bridgehead atoms. The molecule has 0 heterocycles. The normalized spacial score (nSPS) is 12.5. The first-order chi connectivity index (χ1) is 15.9. The van der Waals surface area contributed by atoms with E-state index in [0.29, 0.717) is 12.0 Å². The second kappa shape index (κ2) is 9.59. The molecule has 0 saturated carbocycles. The Balaban J connectivity index is 1.89. The van der Waals surface area contributed by atoms with Crippen molar-refractivity contribution < 1.29 is 4.79 Å². The van der Waals surface area contributed by atoms with Gasteiger partial charge in [0.15, 0.2) is 0 Å². The molecule has 0 amide bonds. The maximum atomic E-state index is 12.1. The van der Waals surface area contributed by atoms with E-state index >= 15 is 0 Å². The standard InChI is InChI=1S/C30H28BrOP/c1-24(2)30(32)22-25-18-20-26(21-19-25)23-33(31,27-12-6-3-7-13-27,28-14-8-4-9-15-28)29-16-10-5-11-17-29/h3-21H,1,22-23H2,2H3. The predicted molar refractivity (Wildman–Crippen MR) is 148 cm³/mol. The van der Waals surface area contributed by atoms with E-state index in [0.717, 1.165) is 11.7 Å². The summed E-state index contributed by atoms with van der Waals surface area (Å²) in [6.07, 6.45) is 1.22. The Morgan fingerprint density at radius 3 is 1.39 bits per heavy atom. The molecule has 0 aliphatic heterocycles. The number of ketones is 1. The summed E-state index contributed by atoms with van der Waals surface area (Å²) in [6, 6.07) is 40.9. The molecule has 4 aromatic carbocycles. The molecule has 0 atom stereocenters. The van der Waals surface area contributed by atoms with Crippen LogP contribution < -0.4 is 15.9 Å². The molecule has 0 unspecified atom stereocenters. The predicted octanol–water partition coefficient (Wildman–Crippen LogP) is 6.71. The van der Waals surface area contributed by atoms with Gasteiger partial charge in [-0.1, -0.05) is 0 Å². The number of Topliss-reactive ketones (excluding diaryl/α,β-unsaturated/α-hetero) is 1. The number of benzene rings is 4. The van der Waals surface area contributed by atoms with Crippen LogP contribution in [-0.4, -0.2) is 5.78 Å². The average molecular weight is 515 g/mol. The van der Waals surface area contributed by atoms with Gasteiger partial charge in [0.1, 0.15) is 0 Å². The number of halogens is 1. The third-order valence-corrected chi connectivity index (χ3v) is 15.7. The molecule has 0 aliphatic carbocycles. The van der Waals surface area contributed by atoms with Crippen LogP contribution >= 0.6 is 20.8 Å². The molecule has 0 radical (unpaired) electrons. The fourth-order valence-electron chi connectivity index (χ4n) is 4.38. The van der Waals surface area contributed by atoms with Crippen molar-refractivity contribution in [2.24, 2.45) is 0 Å². The summed E-state index contributed by atoms with van der Waals surface area (Å²) in [5, 5.41) is 0.863. The van der Waals surface area contributed by atoms with Crippen LogP contribution in [0.4, 0.5) is 0 Å². The molecule has 0 saturated heterocycles. The fourth-order valence-corrected chi connectivity index (χ4v) is 12.1. The van der Waals surface area contributed by atoms with Crippen LogP contribution in [-0.2, 0) is 17.4 Å². The van der Waals surface area contributed by atoms with Gasteiger partial charge in [0.2, 0.25) is 0 Å². The minimum atomic E-state index is -3.02. The van der Waals surface area contributed by atoms with Crippen LogP contribution in [0.15, 0.2) is 127 Å². The first-order valence-corrected chi connectivity index (χ1v) is 15.5. The average Bonchev–Trinajstić information content (AvgIpc) is 2.87. The fraction of sp³-hybridized carbons (Fsp3) is 0.100.